The van der Waals surface area contributed by atoms with Gasteiger partial charge in [-0.1, -0.05) is 276 Å². The highest BCUT2D eigenvalue weighted by Gasteiger charge is 2.22. The van der Waals surface area contributed by atoms with Crippen LogP contribution in [0.15, 0.2) is 24.3 Å². The third kappa shape index (κ3) is 57.3. The maximum atomic E-state index is 12.9. The average molecular weight is 1030 g/mol. The molecule has 0 saturated heterocycles. The molecule has 430 valence electrons. The van der Waals surface area contributed by atoms with Gasteiger partial charge < -0.3 is 33.3 Å². The summed E-state index contributed by atoms with van der Waals surface area (Å²) in [5, 5.41) is 11.8. The molecule has 0 aromatic rings. The van der Waals surface area contributed by atoms with Gasteiger partial charge in [0.2, 0.25) is 0 Å². The Balaban J connectivity index is 3.98. The quantitative estimate of drug-likeness (QED) is 0.0195. The Kier molecular flexibility index (Phi) is 54.3. The highest BCUT2D eigenvalue weighted by Crippen LogP contribution is 2.18. The topological polar surface area (TPSA) is 111 Å². The van der Waals surface area contributed by atoms with E-state index >= 15 is 0 Å². The summed E-state index contributed by atoms with van der Waals surface area (Å²) in [7, 11) is 5.93. The molecule has 9 nitrogen and oxygen atoms in total. The molecule has 0 bridgehead atoms. The van der Waals surface area contributed by atoms with Gasteiger partial charge in [0, 0.05) is 12.8 Å². The number of carbonyl (C=O) groups excluding carboxylic acids is 3. The minimum Gasteiger partial charge on any atom is -0.545 e. The number of rotatable bonds is 59. The second kappa shape index (κ2) is 56.0. The van der Waals surface area contributed by atoms with Crippen LogP contribution in [0.4, 0.5) is 0 Å². The SMILES string of the molecule is CCCCCCC/C=C\C/C=C\CCCCCCCCCCCCCCCCCCCCCCCCCC(=O)OC(COC(=O)CCCCCCCCCCCCCCC)COC(OCC[N+](C)(C)C)C(=O)[O-]. The number of hydrogen-bond acceptors (Lipinski definition) is 8. The van der Waals surface area contributed by atoms with Crippen LogP contribution >= 0.6 is 0 Å². The summed E-state index contributed by atoms with van der Waals surface area (Å²) in [6.07, 6.45) is 64.0. The molecule has 2 atom stereocenters. The zero-order valence-electron chi connectivity index (χ0n) is 49.0. The lowest BCUT2D eigenvalue weighted by molar-refractivity contribution is -0.870. The van der Waals surface area contributed by atoms with E-state index in [4.69, 9.17) is 18.9 Å². The first-order valence-corrected chi connectivity index (χ1v) is 31.5. The number of unbranched alkanes of at least 4 members (excludes halogenated alkanes) is 40. The van der Waals surface area contributed by atoms with E-state index in [-0.39, 0.29) is 32.2 Å². The van der Waals surface area contributed by atoms with Crippen molar-refractivity contribution in [1.29, 1.82) is 0 Å². The van der Waals surface area contributed by atoms with E-state index in [9.17, 15) is 19.5 Å². The first kappa shape index (κ1) is 70.8. The Hall–Kier alpha value is -2.23. The van der Waals surface area contributed by atoms with Crippen LogP contribution in [-0.4, -0.2) is 82.3 Å². The van der Waals surface area contributed by atoms with Gasteiger partial charge >= 0.3 is 11.9 Å². The summed E-state index contributed by atoms with van der Waals surface area (Å²) in [6, 6.07) is 0. The molecule has 9 heteroatoms. The molecule has 0 saturated carbocycles. The first-order valence-electron chi connectivity index (χ1n) is 31.5. The van der Waals surface area contributed by atoms with Crippen LogP contribution in [0.1, 0.15) is 309 Å². The van der Waals surface area contributed by atoms with Crippen molar-refractivity contribution >= 4 is 17.9 Å². The van der Waals surface area contributed by atoms with Crippen LogP contribution in [0.2, 0.25) is 0 Å². The number of nitrogens with zero attached hydrogens (tertiary/aromatic N) is 1. The molecule has 0 rings (SSSR count). The number of ether oxygens (including phenoxy) is 4. The third-order valence-electron chi connectivity index (χ3n) is 14.2. The summed E-state index contributed by atoms with van der Waals surface area (Å²) in [6.45, 7) is 4.78. The summed E-state index contributed by atoms with van der Waals surface area (Å²) in [5.41, 5.74) is 0. The van der Waals surface area contributed by atoms with Gasteiger partial charge in [-0.15, -0.1) is 0 Å². The maximum absolute atomic E-state index is 12.9. The Morgan fingerprint density at radius 3 is 1.08 bits per heavy atom. The average Bonchev–Trinajstić information content (AvgIpc) is 3.36. The van der Waals surface area contributed by atoms with Gasteiger partial charge in [-0.05, 0) is 44.9 Å². The van der Waals surface area contributed by atoms with Crippen molar-refractivity contribution < 1.29 is 42.9 Å². The van der Waals surface area contributed by atoms with Crippen molar-refractivity contribution in [2.24, 2.45) is 0 Å². The van der Waals surface area contributed by atoms with Gasteiger partial charge in [0.05, 0.1) is 40.3 Å². The highest BCUT2D eigenvalue weighted by molar-refractivity contribution is 5.70. The molecule has 0 aromatic heterocycles. The van der Waals surface area contributed by atoms with Crippen molar-refractivity contribution in [3.8, 4) is 0 Å². The molecule has 0 spiro atoms. The lowest BCUT2D eigenvalue weighted by Crippen LogP contribution is -2.44. The van der Waals surface area contributed by atoms with Crippen LogP contribution in [-0.2, 0) is 33.3 Å². The van der Waals surface area contributed by atoms with Crippen LogP contribution in [0.3, 0.4) is 0 Å². The van der Waals surface area contributed by atoms with Gasteiger partial charge in [-0.2, -0.15) is 0 Å². The smallest absolute Gasteiger partial charge is 0.306 e. The molecule has 0 heterocycles. The Morgan fingerprint density at radius 2 is 0.740 bits per heavy atom. The van der Waals surface area contributed by atoms with Crippen LogP contribution < -0.4 is 5.11 Å². The maximum Gasteiger partial charge on any atom is 0.306 e. The Morgan fingerprint density at radius 1 is 0.411 bits per heavy atom. The summed E-state index contributed by atoms with van der Waals surface area (Å²) in [4.78, 5) is 37.2. The molecular weight excluding hydrogens is 911 g/mol. The molecule has 0 aliphatic rings. The normalized spacial score (nSPS) is 12.8. The molecule has 0 N–H and O–H groups in total. The number of allylic oxidation sites excluding steroid dienone is 4. The second-order valence-corrected chi connectivity index (χ2v) is 22.7. The van der Waals surface area contributed by atoms with Crippen molar-refractivity contribution in [2.45, 2.75) is 322 Å². The van der Waals surface area contributed by atoms with Crippen LogP contribution in [0, 0.1) is 0 Å². The first-order chi connectivity index (χ1) is 35.6. The molecule has 0 aliphatic heterocycles. The van der Waals surface area contributed by atoms with Crippen LogP contribution in [0.5, 0.6) is 0 Å². The molecule has 73 heavy (non-hydrogen) atoms. The van der Waals surface area contributed by atoms with E-state index < -0.39 is 24.3 Å². The Bertz CT molecular complexity index is 1250. The molecule has 0 aliphatic carbocycles. The number of esters is 2. The molecule has 0 aromatic carbocycles. The third-order valence-corrected chi connectivity index (χ3v) is 14.2. The molecule has 2 unspecified atom stereocenters. The van der Waals surface area contributed by atoms with E-state index in [1.807, 2.05) is 21.1 Å². The summed E-state index contributed by atoms with van der Waals surface area (Å²) >= 11 is 0. The number of carbonyl (C=O) groups is 3. The molecular formula is C64H121NO8. The van der Waals surface area contributed by atoms with E-state index in [2.05, 4.69) is 38.2 Å². The fourth-order valence-electron chi connectivity index (χ4n) is 9.33. The number of likely N-dealkylation sites (N-methyl/N-ethyl adjacent to an activating group) is 1. The fraction of sp³-hybridized carbons (Fsp3) is 0.891. The van der Waals surface area contributed by atoms with Gasteiger partial charge in [-0.3, -0.25) is 9.59 Å². The van der Waals surface area contributed by atoms with Crippen LogP contribution in [0.25, 0.3) is 0 Å². The standard InChI is InChI=1S/C64H121NO8/c1-6-8-10-12-14-16-18-20-21-22-23-24-25-26-27-28-29-30-31-32-33-34-35-36-37-38-39-40-41-43-45-47-49-51-53-55-62(67)73-60(59-72-64(63(68)69)70-57-56-65(3,4)5)58-71-61(66)54-52-50-48-46-44-42-19-17-15-13-11-9-7-2/h18,20,22-23,60,64H,6-17,19,21,24-59H2,1-5H3/b20-18-,23-22-. The summed E-state index contributed by atoms with van der Waals surface area (Å²) in [5.74, 6) is -2.26. The monoisotopic (exact) mass is 1030 g/mol. The lowest BCUT2D eigenvalue weighted by atomic mass is 10.0. The van der Waals surface area contributed by atoms with Gasteiger partial charge in [0.1, 0.15) is 13.2 Å². The number of aliphatic carboxylic acids is 1. The minimum atomic E-state index is -1.62. The zero-order chi connectivity index (χ0) is 53.4. The highest BCUT2D eigenvalue weighted by atomic mass is 16.7. The second-order valence-electron chi connectivity index (χ2n) is 22.7. The van der Waals surface area contributed by atoms with Gasteiger partial charge in [0.25, 0.3) is 0 Å². The van der Waals surface area contributed by atoms with Crippen molar-refractivity contribution in [3.05, 3.63) is 24.3 Å². The predicted molar refractivity (Wildman–Crippen MR) is 306 cm³/mol. The zero-order valence-corrected chi connectivity index (χ0v) is 49.0. The number of carboxylic acids is 1. The van der Waals surface area contributed by atoms with Crippen molar-refractivity contribution in [3.63, 3.8) is 0 Å². The molecule has 0 amide bonds. The van der Waals surface area contributed by atoms with E-state index in [1.165, 1.54) is 238 Å². The van der Waals surface area contributed by atoms with Crippen molar-refractivity contribution in [1.82, 2.24) is 0 Å². The van der Waals surface area contributed by atoms with Gasteiger partial charge in [-0.25, -0.2) is 0 Å². The number of hydrogen-bond donors (Lipinski definition) is 0. The minimum absolute atomic E-state index is 0.152. The number of carboxylic acid groups (broad SMARTS) is 1. The fourth-order valence-corrected chi connectivity index (χ4v) is 9.33. The Labute approximate surface area is 452 Å². The van der Waals surface area contributed by atoms with E-state index in [1.54, 1.807) is 0 Å². The predicted octanol–water partition coefficient (Wildman–Crippen LogP) is 17.4. The lowest BCUT2D eigenvalue weighted by Gasteiger charge is -2.26. The number of quaternary nitrogens is 1. The summed E-state index contributed by atoms with van der Waals surface area (Å²) < 4.78 is 22.7. The molecule has 0 radical (unpaired) electrons. The largest absolute Gasteiger partial charge is 0.545 e. The van der Waals surface area contributed by atoms with Gasteiger partial charge in [0.15, 0.2) is 12.4 Å². The molecule has 0 fully saturated rings. The van der Waals surface area contributed by atoms with E-state index in [0.717, 1.165) is 44.9 Å². The van der Waals surface area contributed by atoms with E-state index in [0.29, 0.717) is 17.4 Å². The van der Waals surface area contributed by atoms with Crippen molar-refractivity contribution in [2.75, 3.05) is 47.5 Å².